The quantitative estimate of drug-likeness (QED) is 0.548. The molecule has 1 aromatic carbocycles. The summed E-state index contributed by atoms with van der Waals surface area (Å²) in [7, 11) is 0. The summed E-state index contributed by atoms with van der Waals surface area (Å²) in [5.74, 6) is -0.855. The second kappa shape index (κ2) is 7.67. The Morgan fingerprint density at radius 3 is 2.38 bits per heavy atom. The van der Waals surface area contributed by atoms with Crippen LogP contribution in [-0.2, 0) is 17.5 Å². The molecule has 0 atom stereocenters. The van der Waals surface area contributed by atoms with E-state index in [0.717, 1.165) is 30.4 Å². The third-order valence-corrected chi connectivity index (χ3v) is 3.24. The molecule has 0 fully saturated rings. The molecule has 0 unspecified atom stereocenters. The van der Waals surface area contributed by atoms with Gasteiger partial charge in [-0.2, -0.15) is 26.3 Å². The van der Waals surface area contributed by atoms with E-state index >= 15 is 0 Å². The number of carbonyl (C=O) groups is 1. The molecule has 1 aromatic heterocycles. The summed E-state index contributed by atoms with van der Waals surface area (Å²) in [5.41, 5.74) is -0.882. The molecule has 0 spiro atoms. The van der Waals surface area contributed by atoms with Crippen LogP contribution in [0.3, 0.4) is 0 Å². The number of carbonyl (C=O) groups excluding carboxylic acids is 1. The lowest BCUT2D eigenvalue weighted by Gasteiger charge is -2.21. The Morgan fingerprint density at radius 2 is 1.81 bits per heavy atom. The lowest BCUT2D eigenvalue weighted by Crippen LogP contribution is -2.37. The molecule has 0 saturated heterocycles. The maximum atomic E-state index is 12.7. The van der Waals surface area contributed by atoms with E-state index in [4.69, 9.17) is 4.42 Å². The van der Waals surface area contributed by atoms with Crippen molar-refractivity contribution >= 4 is 12.0 Å². The molecule has 140 valence electrons. The maximum absolute atomic E-state index is 12.7. The van der Waals surface area contributed by atoms with Crippen molar-refractivity contribution in [1.29, 1.82) is 0 Å². The molecule has 0 N–H and O–H groups in total. The van der Waals surface area contributed by atoms with Crippen LogP contribution in [0.5, 0.6) is 0 Å². The number of alkyl halides is 6. The molecule has 3 nitrogen and oxygen atoms in total. The smallest absolute Gasteiger partial charge is 0.416 e. The van der Waals surface area contributed by atoms with Crippen molar-refractivity contribution in [2.24, 2.45) is 0 Å². The number of hydrogen-bond acceptors (Lipinski definition) is 2. The molecule has 2 rings (SSSR count). The van der Waals surface area contributed by atoms with Gasteiger partial charge in [0.05, 0.1) is 18.4 Å². The van der Waals surface area contributed by atoms with E-state index in [0.29, 0.717) is 4.90 Å². The Morgan fingerprint density at radius 1 is 1.08 bits per heavy atom. The van der Waals surface area contributed by atoms with Crippen molar-refractivity contribution in [3.05, 3.63) is 65.6 Å². The van der Waals surface area contributed by atoms with Crippen LogP contribution in [-0.4, -0.2) is 23.5 Å². The van der Waals surface area contributed by atoms with Crippen LogP contribution in [0, 0.1) is 0 Å². The number of amides is 1. The van der Waals surface area contributed by atoms with Gasteiger partial charge in [0, 0.05) is 6.08 Å². The molecular formula is C17H13F6NO2. The van der Waals surface area contributed by atoms with Crippen molar-refractivity contribution in [3.8, 4) is 0 Å². The molecule has 1 amide bonds. The monoisotopic (exact) mass is 377 g/mol. The summed E-state index contributed by atoms with van der Waals surface area (Å²) in [4.78, 5) is 12.6. The number of halogens is 6. The molecule has 0 aliphatic rings. The zero-order chi connectivity index (χ0) is 19.4. The third kappa shape index (κ3) is 5.98. The summed E-state index contributed by atoms with van der Waals surface area (Å²) in [6, 6.07) is 6.97. The van der Waals surface area contributed by atoms with E-state index in [2.05, 4.69) is 0 Å². The zero-order valence-electron chi connectivity index (χ0n) is 13.1. The fraction of sp³-hybridized carbons (Fsp3) is 0.235. The molecule has 0 aliphatic heterocycles. The highest BCUT2D eigenvalue weighted by Gasteiger charge is 2.33. The van der Waals surface area contributed by atoms with Gasteiger partial charge in [-0.05, 0) is 35.9 Å². The van der Waals surface area contributed by atoms with Crippen LogP contribution in [0.1, 0.15) is 16.9 Å². The molecule has 0 radical (unpaired) electrons. The Labute approximate surface area is 144 Å². The first-order valence-electron chi connectivity index (χ1n) is 7.28. The second-order valence-electron chi connectivity index (χ2n) is 5.35. The molecule has 0 aliphatic carbocycles. The topological polar surface area (TPSA) is 33.5 Å². The fourth-order valence-corrected chi connectivity index (χ4v) is 2.11. The third-order valence-electron chi connectivity index (χ3n) is 3.24. The van der Waals surface area contributed by atoms with E-state index in [-0.39, 0.29) is 11.3 Å². The van der Waals surface area contributed by atoms with Crippen LogP contribution in [0.4, 0.5) is 26.3 Å². The van der Waals surface area contributed by atoms with Crippen molar-refractivity contribution < 1.29 is 35.6 Å². The van der Waals surface area contributed by atoms with E-state index in [9.17, 15) is 31.1 Å². The summed E-state index contributed by atoms with van der Waals surface area (Å²) < 4.78 is 80.9. The first kappa shape index (κ1) is 19.6. The minimum Gasteiger partial charge on any atom is -0.467 e. The van der Waals surface area contributed by atoms with Gasteiger partial charge in [-0.25, -0.2) is 0 Å². The van der Waals surface area contributed by atoms with Crippen LogP contribution < -0.4 is 0 Å². The summed E-state index contributed by atoms with van der Waals surface area (Å²) in [6.07, 6.45) is -6.11. The molecule has 2 aromatic rings. The van der Waals surface area contributed by atoms with Gasteiger partial charge >= 0.3 is 12.4 Å². The number of benzene rings is 1. The largest absolute Gasteiger partial charge is 0.467 e. The van der Waals surface area contributed by atoms with Crippen molar-refractivity contribution in [1.82, 2.24) is 4.90 Å². The van der Waals surface area contributed by atoms with Crippen LogP contribution >= 0.6 is 0 Å². The van der Waals surface area contributed by atoms with Gasteiger partial charge in [0.15, 0.2) is 0 Å². The molecule has 0 saturated carbocycles. The van der Waals surface area contributed by atoms with Gasteiger partial charge in [-0.15, -0.1) is 0 Å². The van der Waals surface area contributed by atoms with E-state index in [1.54, 1.807) is 0 Å². The minimum absolute atomic E-state index is 0.0399. The van der Waals surface area contributed by atoms with Crippen molar-refractivity contribution in [3.63, 3.8) is 0 Å². The number of hydrogen-bond donors (Lipinski definition) is 0. The highest BCUT2D eigenvalue weighted by atomic mass is 19.4. The molecule has 1 heterocycles. The van der Waals surface area contributed by atoms with Crippen LogP contribution in [0.2, 0.25) is 0 Å². The van der Waals surface area contributed by atoms with Crippen LogP contribution in [0.15, 0.2) is 53.2 Å². The van der Waals surface area contributed by atoms with E-state index < -0.39 is 36.9 Å². The van der Waals surface area contributed by atoms with E-state index in [1.165, 1.54) is 24.5 Å². The normalized spacial score (nSPS) is 12.5. The molecule has 9 heteroatoms. The standard InChI is InChI=1S/C17H13F6NO2/c18-16(19,20)11-24(10-14-5-2-8-26-14)15(25)7-6-12-3-1-4-13(9-12)17(21,22)23/h1-9H,10-11H2/b7-6+. The highest BCUT2D eigenvalue weighted by Crippen LogP contribution is 2.29. The average molecular weight is 377 g/mol. The number of furan rings is 1. The van der Waals surface area contributed by atoms with E-state index in [1.807, 2.05) is 0 Å². The Kier molecular flexibility index (Phi) is 5.79. The predicted octanol–water partition coefficient (Wildman–Crippen LogP) is 4.90. The van der Waals surface area contributed by atoms with Gasteiger partial charge in [-0.3, -0.25) is 4.79 Å². The molecular weight excluding hydrogens is 364 g/mol. The van der Waals surface area contributed by atoms with Gasteiger partial charge in [0.25, 0.3) is 0 Å². The number of rotatable bonds is 5. The summed E-state index contributed by atoms with van der Waals surface area (Å²) in [6.45, 7) is -1.93. The number of nitrogens with zero attached hydrogens (tertiary/aromatic N) is 1. The van der Waals surface area contributed by atoms with Gasteiger partial charge in [0.1, 0.15) is 12.3 Å². The average Bonchev–Trinajstić information content (AvgIpc) is 3.03. The molecule has 0 bridgehead atoms. The minimum atomic E-state index is -4.63. The summed E-state index contributed by atoms with van der Waals surface area (Å²) >= 11 is 0. The SMILES string of the molecule is O=C(/C=C/c1cccc(C(F)(F)F)c1)N(Cc1ccco1)CC(F)(F)F. The van der Waals surface area contributed by atoms with Gasteiger partial charge in [0.2, 0.25) is 5.91 Å². The van der Waals surface area contributed by atoms with Crippen molar-refractivity contribution in [2.75, 3.05) is 6.54 Å². The van der Waals surface area contributed by atoms with Crippen LogP contribution in [0.25, 0.3) is 6.08 Å². The Balaban J connectivity index is 2.16. The lowest BCUT2D eigenvalue weighted by atomic mass is 10.1. The zero-order valence-corrected chi connectivity index (χ0v) is 13.1. The highest BCUT2D eigenvalue weighted by molar-refractivity contribution is 5.91. The molecule has 26 heavy (non-hydrogen) atoms. The van der Waals surface area contributed by atoms with Crippen molar-refractivity contribution in [2.45, 2.75) is 18.9 Å². The van der Waals surface area contributed by atoms with Gasteiger partial charge < -0.3 is 9.32 Å². The Bertz CT molecular complexity index is 762. The Hall–Kier alpha value is -2.71. The maximum Gasteiger partial charge on any atom is 0.416 e. The fourth-order valence-electron chi connectivity index (χ4n) is 2.11. The summed E-state index contributed by atoms with van der Waals surface area (Å²) in [5, 5.41) is 0. The first-order chi connectivity index (χ1) is 12.0. The predicted molar refractivity (Wildman–Crippen MR) is 80.7 cm³/mol. The first-order valence-corrected chi connectivity index (χ1v) is 7.28. The van der Waals surface area contributed by atoms with Gasteiger partial charge in [-0.1, -0.05) is 12.1 Å². The second-order valence-corrected chi connectivity index (χ2v) is 5.35. The lowest BCUT2D eigenvalue weighted by molar-refractivity contribution is -0.159.